The third-order valence-corrected chi connectivity index (χ3v) is 5.51. The molecule has 1 unspecified atom stereocenters. The number of hydrogen-bond donors (Lipinski definition) is 1. The van der Waals surface area contributed by atoms with Crippen LogP contribution in [0.4, 0.5) is 8.78 Å². The van der Waals surface area contributed by atoms with E-state index in [1.807, 2.05) is 6.92 Å². The highest BCUT2D eigenvalue weighted by Gasteiger charge is 2.44. The number of benzene rings is 2. The summed E-state index contributed by atoms with van der Waals surface area (Å²) in [6, 6.07) is 9.80. The monoisotopic (exact) mass is 412 g/mol. The van der Waals surface area contributed by atoms with E-state index in [-0.39, 0.29) is 17.9 Å². The number of amides is 1. The molecule has 1 heterocycles. The molecule has 2 aromatic carbocycles. The molecular weight excluding hydrogens is 390 g/mol. The number of nitrogens with one attached hydrogen (secondary N) is 1. The van der Waals surface area contributed by atoms with Gasteiger partial charge in [-0.1, -0.05) is 24.3 Å². The standard InChI is InChI=1S/C23H22F2N2O3/c1-3-30-27-12-18-16(8-5-9-19(18)25)21(13(27)2)23(29)26-22(17-11-20(17)28)14-6-4-7-15(24)10-14/h4-10,17,22H,3,11-12H2,1-2H3,(H,26,29)/t17?,22-/m1/s1. The van der Waals surface area contributed by atoms with Gasteiger partial charge in [-0.05, 0) is 43.2 Å². The molecule has 2 atom stereocenters. The zero-order chi connectivity index (χ0) is 21.4. The van der Waals surface area contributed by atoms with Crippen LogP contribution in [0.1, 0.15) is 43.0 Å². The Labute approximate surface area is 173 Å². The Kier molecular flexibility index (Phi) is 5.39. The van der Waals surface area contributed by atoms with Crippen LogP contribution < -0.4 is 5.32 Å². The second-order valence-electron chi connectivity index (χ2n) is 7.46. The van der Waals surface area contributed by atoms with Crippen LogP contribution in [0.25, 0.3) is 5.57 Å². The lowest BCUT2D eigenvalue weighted by Crippen LogP contribution is -2.36. The predicted octanol–water partition coefficient (Wildman–Crippen LogP) is 3.91. The summed E-state index contributed by atoms with van der Waals surface area (Å²) in [6.07, 6.45) is 0.329. The van der Waals surface area contributed by atoms with Gasteiger partial charge in [0.15, 0.2) is 0 Å². The summed E-state index contributed by atoms with van der Waals surface area (Å²) in [7, 11) is 0. The minimum atomic E-state index is -0.652. The first kappa shape index (κ1) is 20.2. The summed E-state index contributed by atoms with van der Waals surface area (Å²) < 4.78 is 28.3. The fourth-order valence-corrected chi connectivity index (χ4v) is 3.91. The van der Waals surface area contributed by atoms with Crippen molar-refractivity contribution in [3.05, 3.63) is 76.5 Å². The van der Waals surface area contributed by atoms with Crippen molar-refractivity contribution in [3.63, 3.8) is 0 Å². The molecule has 0 aromatic heterocycles. The molecule has 2 aliphatic rings. The molecule has 1 amide bonds. The number of Topliss-reactive ketones (excluding diaryl/α,β-unsaturated/α-hetero) is 1. The molecule has 2 aromatic rings. The van der Waals surface area contributed by atoms with Gasteiger partial charge in [0, 0.05) is 17.9 Å². The van der Waals surface area contributed by atoms with Crippen molar-refractivity contribution >= 4 is 17.3 Å². The van der Waals surface area contributed by atoms with Gasteiger partial charge in [0.2, 0.25) is 0 Å². The van der Waals surface area contributed by atoms with Crippen LogP contribution in [0.15, 0.2) is 48.2 Å². The first-order valence-corrected chi connectivity index (χ1v) is 9.88. The number of hydrogen-bond acceptors (Lipinski definition) is 4. The molecule has 7 heteroatoms. The van der Waals surface area contributed by atoms with Crippen molar-refractivity contribution in [1.82, 2.24) is 10.4 Å². The topological polar surface area (TPSA) is 58.6 Å². The van der Waals surface area contributed by atoms with Crippen LogP contribution >= 0.6 is 0 Å². The van der Waals surface area contributed by atoms with Crippen molar-refractivity contribution in [2.45, 2.75) is 32.9 Å². The van der Waals surface area contributed by atoms with E-state index in [2.05, 4.69) is 5.32 Å². The fourth-order valence-electron chi connectivity index (χ4n) is 3.91. The summed E-state index contributed by atoms with van der Waals surface area (Å²) in [4.78, 5) is 30.8. The highest BCUT2D eigenvalue weighted by Crippen LogP contribution is 2.39. The van der Waals surface area contributed by atoms with Crippen LogP contribution in [0, 0.1) is 17.6 Å². The fraction of sp³-hybridized carbons (Fsp3) is 0.304. The molecule has 0 saturated heterocycles. The smallest absolute Gasteiger partial charge is 0.254 e. The second-order valence-corrected chi connectivity index (χ2v) is 7.46. The van der Waals surface area contributed by atoms with E-state index in [4.69, 9.17) is 4.84 Å². The van der Waals surface area contributed by atoms with Crippen molar-refractivity contribution in [3.8, 4) is 0 Å². The van der Waals surface area contributed by atoms with Gasteiger partial charge in [-0.3, -0.25) is 19.5 Å². The largest absolute Gasteiger partial charge is 0.344 e. The van der Waals surface area contributed by atoms with E-state index < -0.39 is 29.5 Å². The van der Waals surface area contributed by atoms with Gasteiger partial charge in [0.25, 0.3) is 5.91 Å². The molecule has 1 aliphatic heterocycles. The molecule has 0 radical (unpaired) electrons. The van der Waals surface area contributed by atoms with Gasteiger partial charge in [-0.2, -0.15) is 0 Å². The first-order valence-electron chi connectivity index (χ1n) is 9.88. The molecule has 156 valence electrons. The van der Waals surface area contributed by atoms with Crippen LogP contribution in [0.3, 0.4) is 0 Å². The number of allylic oxidation sites excluding steroid dienone is 1. The zero-order valence-electron chi connectivity index (χ0n) is 16.7. The van der Waals surface area contributed by atoms with Gasteiger partial charge < -0.3 is 5.32 Å². The van der Waals surface area contributed by atoms with E-state index >= 15 is 0 Å². The number of fused-ring (bicyclic) bond motifs is 1. The van der Waals surface area contributed by atoms with Crippen molar-refractivity contribution in [2.24, 2.45) is 5.92 Å². The lowest BCUT2D eigenvalue weighted by atomic mass is 9.92. The third kappa shape index (κ3) is 3.73. The SMILES string of the molecule is CCON1Cc2c(F)cccc2C(C(=O)N[C@H](c2cccc(F)c2)C2CC2=O)=C1C. The third-order valence-electron chi connectivity index (χ3n) is 5.51. The summed E-state index contributed by atoms with van der Waals surface area (Å²) >= 11 is 0. The molecule has 4 rings (SSSR count). The van der Waals surface area contributed by atoms with Gasteiger partial charge in [-0.15, -0.1) is 0 Å². The molecule has 30 heavy (non-hydrogen) atoms. The van der Waals surface area contributed by atoms with Gasteiger partial charge in [-0.25, -0.2) is 8.78 Å². The summed E-state index contributed by atoms with van der Waals surface area (Å²) in [5.41, 5.74) is 2.20. The van der Waals surface area contributed by atoms with E-state index in [9.17, 15) is 18.4 Å². The second kappa shape index (κ2) is 7.99. The number of halogens is 2. The molecule has 1 saturated carbocycles. The zero-order valence-corrected chi connectivity index (χ0v) is 16.7. The lowest BCUT2D eigenvalue weighted by molar-refractivity contribution is -0.136. The van der Waals surface area contributed by atoms with Crippen molar-refractivity contribution in [1.29, 1.82) is 0 Å². The quantitative estimate of drug-likeness (QED) is 0.782. The maximum absolute atomic E-state index is 14.5. The molecule has 1 fully saturated rings. The Morgan fingerprint density at radius 1 is 1.27 bits per heavy atom. The maximum Gasteiger partial charge on any atom is 0.254 e. The number of carbonyl (C=O) groups is 2. The number of rotatable bonds is 6. The van der Waals surface area contributed by atoms with Crippen molar-refractivity contribution < 1.29 is 23.2 Å². The molecule has 1 N–H and O–H groups in total. The predicted molar refractivity (Wildman–Crippen MR) is 107 cm³/mol. The summed E-state index contributed by atoms with van der Waals surface area (Å²) in [6.45, 7) is 4.09. The maximum atomic E-state index is 14.5. The molecule has 5 nitrogen and oxygen atoms in total. The Morgan fingerprint density at radius 3 is 2.67 bits per heavy atom. The lowest BCUT2D eigenvalue weighted by Gasteiger charge is -2.32. The van der Waals surface area contributed by atoms with Gasteiger partial charge in [0.1, 0.15) is 17.4 Å². The van der Waals surface area contributed by atoms with Gasteiger partial charge in [0.05, 0.1) is 30.5 Å². The minimum Gasteiger partial charge on any atom is -0.344 e. The molecular formula is C23H22F2N2O3. The van der Waals surface area contributed by atoms with Gasteiger partial charge >= 0.3 is 0 Å². The summed E-state index contributed by atoms with van der Waals surface area (Å²) in [5, 5.41) is 4.39. The number of hydroxylamine groups is 2. The summed E-state index contributed by atoms with van der Waals surface area (Å²) in [5.74, 6) is -1.70. The minimum absolute atomic E-state index is 0.0151. The van der Waals surface area contributed by atoms with Crippen LogP contribution in [-0.4, -0.2) is 23.4 Å². The van der Waals surface area contributed by atoms with E-state index in [1.165, 1.54) is 23.3 Å². The van der Waals surface area contributed by atoms with E-state index in [0.717, 1.165) is 0 Å². The van der Waals surface area contributed by atoms with E-state index in [1.54, 1.807) is 31.2 Å². The number of ketones is 1. The molecule has 0 spiro atoms. The average Bonchev–Trinajstić information content (AvgIpc) is 3.43. The number of nitrogens with zero attached hydrogens (tertiary/aromatic N) is 1. The average molecular weight is 412 g/mol. The number of carbonyl (C=O) groups excluding carboxylic acids is 2. The normalized spacial score (nSPS) is 18.9. The molecule has 1 aliphatic carbocycles. The van der Waals surface area contributed by atoms with Crippen LogP contribution in [-0.2, 0) is 21.0 Å². The highest BCUT2D eigenvalue weighted by molar-refractivity contribution is 6.21. The van der Waals surface area contributed by atoms with Crippen molar-refractivity contribution in [2.75, 3.05) is 6.61 Å². The van der Waals surface area contributed by atoms with E-state index in [0.29, 0.717) is 35.4 Å². The first-order chi connectivity index (χ1) is 14.4. The highest BCUT2D eigenvalue weighted by atomic mass is 19.1. The molecule has 0 bridgehead atoms. The Hall–Kier alpha value is -3.06. The Balaban J connectivity index is 1.72. The van der Waals surface area contributed by atoms with Crippen LogP contribution in [0.5, 0.6) is 0 Å². The Bertz CT molecular complexity index is 1050. The van der Waals surface area contributed by atoms with Crippen LogP contribution in [0.2, 0.25) is 0 Å². The Morgan fingerprint density at radius 2 is 2.00 bits per heavy atom.